The molecule has 0 atom stereocenters. The van der Waals surface area contributed by atoms with E-state index in [-0.39, 0.29) is 5.54 Å². The van der Waals surface area contributed by atoms with Crippen LogP contribution in [0.1, 0.15) is 30.5 Å². The Morgan fingerprint density at radius 3 is 3.00 bits per heavy atom. The second-order valence-electron chi connectivity index (χ2n) is 5.05. The Labute approximate surface area is 95.3 Å². The highest BCUT2D eigenvalue weighted by Crippen LogP contribution is 2.36. The van der Waals surface area contributed by atoms with Gasteiger partial charge in [-0.1, -0.05) is 6.07 Å². The van der Waals surface area contributed by atoms with E-state index in [9.17, 15) is 0 Å². The maximum atomic E-state index is 6.11. The molecule has 0 radical (unpaired) electrons. The molecule has 2 aromatic rings. The number of aryl methyl sites for hydroxylation is 2. The Bertz CT molecular complexity index is 523. The molecule has 3 heteroatoms. The molecule has 3 nitrogen and oxygen atoms in total. The van der Waals surface area contributed by atoms with Gasteiger partial charge >= 0.3 is 0 Å². The number of pyridine rings is 1. The number of imidazole rings is 1. The zero-order valence-corrected chi connectivity index (χ0v) is 9.61. The first-order valence-electron chi connectivity index (χ1n) is 5.88. The number of aromatic nitrogens is 2. The van der Waals surface area contributed by atoms with Crippen molar-refractivity contribution in [2.24, 2.45) is 5.73 Å². The van der Waals surface area contributed by atoms with E-state index in [0.717, 1.165) is 18.5 Å². The number of hydrogen-bond acceptors (Lipinski definition) is 2. The molecule has 2 heterocycles. The van der Waals surface area contributed by atoms with Crippen molar-refractivity contribution < 1.29 is 0 Å². The Hall–Kier alpha value is -1.35. The van der Waals surface area contributed by atoms with Crippen molar-refractivity contribution in [3.63, 3.8) is 0 Å². The third kappa shape index (κ3) is 1.71. The van der Waals surface area contributed by atoms with E-state index in [4.69, 9.17) is 5.73 Å². The summed E-state index contributed by atoms with van der Waals surface area (Å²) in [7, 11) is 0. The van der Waals surface area contributed by atoms with E-state index in [0.29, 0.717) is 0 Å². The van der Waals surface area contributed by atoms with Gasteiger partial charge in [0.25, 0.3) is 0 Å². The molecule has 1 aliphatic carbocycles. The van der Waals surface area contributed by atoms with Crippen molar-refractivity contribution in [3.8, 4) is 0 Å². The summed E-state index contributed by atoms with van der Waals surface area (Å²) in [6.07, 6.45) is 8.59. The van der Waals surface area contributed by atoms with Gasteiger partial charge in [0.1, 0.15) is 5.65 Å². The summed E-state index contributed by atoms with van der Waals surface area (Å²) in [5.41, 5.74) is 9.81. The van der Waals surface area contributed by atoms with Crippen molar-refractivity contribution in [1.29, 1.82) is 0 Å². The van der Waals surface area contributed by atoms with Gasteiger partial charge in [-0.3, -0.25) is 0 Å². The zero-order valence-electron chi connectivity index (χ0n) is 9.61. The summed E-state index contributed by atoms with van der Waals surface area (Å²) in [6.45, 7) is 2.11. The highest BCUT2D eigenvalue weighted by molar-refractivity contribution is 5.41. The zero-order chi connectivity index (χ0) is 11.2. The highest BCUT2D eigenvalue weighted by Gasteiger charge is 2.37. The van der Waals surface area contributed by atoms with Gasteiger partial charge in [-0.05, 0) is 44.2 Å². The fourth-order valence-electron chi connectivity index (χ4n) is 2.11. The van der Waals surface area contributed by atoms with Crippen LogP contribution in [0.15, 0.2) is 24.5 Å². The number of hydrogen-bond donors (Lipinski definition) is 1. The number of rotatable bonds is 3. The first-order chi connectivity index (χ1) is 7.66. The maximum absolute atomic E-state index is 6.11. The largest absolute Gasteiger partial charge is 0.325 e. The van der Waals surface area contributed by atoms with Crippen LogP contribution in [0.2, 0.25) is 0 Å². The number of nitrogens with zero attached hydrogens (tertiary/aromatic N) is 2. The second kappa shape index (κ2) is 3.32. The molecular weight excluding hydrogens is 198 g/mol. The molecule has 1 saturated carbocycles. The monoisotopic (exact) mass is 215 g/mol. The third-order valence-electron chi connectivity index (χ3n) is 3.50. The molecule has 3 rings (SSSR count). The molecule has 0 unspecified atom stereocenters. The van der Waals surface area contributed by atoms with Crippen LogP contribution in [0.4, 0.5) is 0 Å². The number of nitrogens with two attached hydrogens (primary N) is 1. The highest BCUT2D eigenvalue weighted by atomic mass is 15.0. The average molecular weight is 215 g/mol. The van der Waals surface area contributed by atoms with Crippen molar-refractivity contribution in [3.05, 3.63) is 35.8 Å². The number of fused-ring (bicyclic) bond motifs is 1. The van der Waals surface area contributed by atoms with E-state index in [1.165, 1.54) is 24.1 Å². The van der Waals surface area contributed by atoms with Gasteiger partial charge in [0.15, 0.2) is 0 Å². The van der Waals surface area contributed by atoms with Crippen LogP contribution in [-0.4, -0.2) is 14.9 Å². The van der Waals surface area contributed by atoms with E-state index in [1.54, 1.807) is 0 Å². The van der Waals surface area contributed by atoms with Gasteiger partial charge in [-0.25, -0.2) is 4.98 Å². The van der Waals surface area contributed by atoms with Gasteiger partial charge in [-0.15, -0.1) is 0 Å². The Morgan fingerprint density at radius 1 is 1.44 bits per heavy atom. The van der Waals surface area contributed by atoms with Gasteiger partial charge in [-0.2, -0.15) is 0 Å². The molecule has 16 heavy (non-hydrogen) atoms. The first kappa shape index (κ1) is 9.85. The van der Waals surface area contributed by atoms with Crippen molar-refractivity contribution in [2.75, 3.05) is 0 Å². The van der Waals surface area contributed by atoms with Crippen LogP contribution >= 0.6 is 0 Å². The standard InChI is InChI=1S/C13H17N3/c1-10-2-3-12-15-8-11(16(12)9-10)4-5-13(14)6-7-13/h2-3,8-9H,4-7,14H2,1H3. The SMILES string of the molecule is Cc1ccc2ncc(CCC3(N)CC3)n2c1. The molecular formula is C13H17N3. The van der Waals surface area contributed by atoms with Crippen LogP contribution in [0.3, 0.4) is 0 Å². The van der Waals surface area contributed by atoms with Crippen molar-refractivity contribution in [2.45, 2.75) is 38.1 Å². The molecule has 0 bridgehead atoms. The Kier molecular flexibility index (Phi) is 2.04. The molecule has 0 aliphatic heterocycles. The van der Waals surface area contributed by atoms with Crippen LogP contribution < -0.4 is 5.73 Å². The van der Waals surface area contributed by atoms with Crippen LogP contribution in [0.5, 0.6) is 0 Å². The smallest absolute Gasteiger partial charge is 0.136 e. The van der Waals surface area contributed by atoms with Crippen LogP contribution in [-0.2, 0) is 6.42 Å². The summed E-state index contributed by atoms with van der Waals surface area (Å²) in [5.74, 6) is 0. The fourth-order valence-corrected chi connectivity index (χ4v) is 2.11. The molecule has 2 N–H and O–H groups in total. The quantitative estimate of drug-likeness (QED) is 0.851. The average Bonchev–Trinajstić information content (AvgIpc) is 2.87. The second-order valence-corrected chi connectivity index (χ2v) is 5.05. The predicted octanol–water partition coefficient (Wildman–Crippen LogP) is 2.07. The molecule has 0 aromatic carbocycles. The van der Waals surface area contributed by atoms with Crippen molar-refractivity contribution >= 4 is 5.65 Å². The molecule has 84 valence electrons. The van der Waals surface area contributed by atoms with Crippen molar-refractivity contribution in [1.82, 2.24) is 9.38 Å². The normalized spacial score (nSPS) is 17.9. The lowest BCUT2D eigenvalue weighted by atomic mass is 10.1. The van der Waals surface area contributed by atoms with Gasteiger partial charge in [0, 0.05) is 23.6 Å². The van der Waals surface area contributed by atoms with E-state index in [2.05, 4.69) is 34.6 Å². The molecule has 1 aliphatic rings. The summed E-state index contributed by atoms with van der Waals surface area (Å²) < 4.78 is 2.18. The molecule has 2 aromatic heterocycles. The topological polar surface area (TPSA) is 43.3 Å². The fraction of sp³-hybridized carbons (Fsp3) is 0.462. The van der Waals surface area contributed by atoms with Gasteiger partial charge < -0.3 is 10.1 Å². The predicted molar refractivity (Wildman–Crippen MR) is 64.4 cm³/mol. The lowest BCUT2D eigenvalue weighted by molar-refractivity contribution is 0.601. The van der Waals surface area contributed by atoms with Crippen LogP contribution in [0, 0.1) is 6.92 Å². The summed E-state index contributed by atoms with van der Waals surface area (Å²) >= 11 is 0. The molecule has 0 spiro atoms. The van der Waals surface area contributed by atoms with E-state index in [1.807, 2.05) is 6.20 Å². The maximum Gasteiger partial charge on any atom is 0.136 e. The lowest BCUT2D eigenvalue weighted by Gasteiger charge is -2.07. The third-order valence-corrected chi connectivity index (χ3v) is 3.50. The molecule has 0 saturated heterocycles. The summed E-state index contributed by atoms with van der Waals surface area (Å²) in [5, 5.41) is 0. The minimum Gasteiger partial charge on any atom is -0.325 e. The van der Waals surface area contributed by atoms with Crippen LogP contribution in [0.25, 0.3) is 5.65 Å². The lowest BCUT2D eigenvalue weighted by Crippen LogP contribution is -2.22. The first-order valence-corrected chi connectivity index (χ1v) is 5.88. The minimum absolute atomic E-state index is 0.133. The molecule has 0 amide bonds. The Balaban J connectivity index is 1.88. The van der Waals surface area contributed by atoms with Gasteiger partial charge in [0.2, 0.25) is 0 Å². The van der Waals surface area contributed by atoms with E-state index < -0.39 is 0 Å². The molecule has 1 fully saturated rings. The van der Waals surface area contributed by atoms with Gasteiger partial charge in [0.05, 0.1) is 0 Å². The summed E-state index contributed by atoms with van der Waals surface area (Å²) in [6, 6.07) is 4.16. The summed E-state index contributed by atoms with van der Waals surface area (Å²) in [4.78, 5) is 4.40. The Morgan fingerprint density at radius 2 is 2.25 bits per heavy atom. The minimum atomic E-state index is 0.133. The van der Waals surface area contributed by atoms with E-state index >= 15 is 0 Å².